The zero-order chi connectivity index (χ0) is 18.1. The van der Waals surface area contributed by atoms with E-state index in [1.165, 1.54) is 0 Å². The van der Waals surface area contributed by atoms with E-state index in [0.717, 1.165) is 23.8 Å². The van der Waals surface area contributed by atoms with Gasteiger partial charge in [0.15, 0.2) is 0 Å². The standard InChI is InChI=1S/C21H20N2O3/c1-3-4-13-23-20(24)19-18(16-7-5-6-8-17(16)26-19)22-21(23)25-15-11-9-14(2)10-12-15/h5-12H,3-4,13H2,1-2H3. The molecule has 132 valence electrons. The van der Waals surface area contributed by atoms with E-state index in [0.29, 0.717) is 29.4 Å². The second-order valence-electron chi connectivity index (χ2n) is 6.40. The lowest BCUT2D eigenvalue weighted by molar-refractivity contribution is 0.394. The highest BCUT2D eigenvalue weighted by atomic mass is 16.5. The Kier molecular flexibility index (Phi) is 4.21. The number of hydrogen-bond donors (Lipinski definition) is 0. The Morgan fingerprint density at radius 1 is 1.12 bits per heavy atom. The minimum Gasteiger partial charge on any atom is -0.448 e. The monoisotopic (exact) mass is 348 g/mol. The fourth-order valence-corrected chi connectivity index (χ4v) is 2.96. The van der Waals surface area contributed by atoms with Crippen LogP contribution in [0, 0.1) is 6.92 Å². The first-order valence-corrected chi connectivity index (χ1v) is 8.84. The summed E-state index contributed by atoms with van der Waals surface area (Å²) in [6, 6.07) is 15.5. The zero-order valence-electron chi connectivity index (χ0n) is 14.9. The molecule has 0 saturated heterocycles. The van der Waals surface area contributed by atoms with E-state index >= 15 is 0 Å². The van der Waals surface area contributed by atoms with E-state index in [1.807, 2.05) is 55.5 Å². The van der Waals surface area contributed by atoms with Crippen LogP contribution >= 0.6 is 0 Å². The summed E-state index contributed by atoms with van der Waals surface area (Å²) in [7, 11) is 0. The number of hydrogen-bond acceptors (Lipinski definition) is 4. The zero-order valence-corrected chi connectivity index (χ0v) is 14.9. The molecule has 26 heavy (non-hydrogen) atoms. The Hall–Kier alpha value is -3.08. The van der Waals surface area contributed by atoms with Gasteiger partial charge in [-0.25, -0.2) is 0 Å². The van der Waals surface area contributed by atoms with Crippen LogP contribution in [0.2, 0.25) is 0 Å². The van der Waals surface area contributed by atoms with Crippen LogP contribution in [0.15, 0.2) is 57.7 Å². The summed E-state index contributed by atoms with van der Waals surface area (Å²) in [6.07, 6.45) is 1.83. The lowest BCUT2D eigenvalue weighted by atomic mass is 10.2. The number of unbranched alkanes of at least 4 members (excludes halogenated alkanes) is 1. The van der Waals surface area contributed by atoms with Crippen molar-refractivity contribution >= 4 is 22.1 Å². The van der Waals surface area contributed by atoms with Crippen molar-refractivity contribution in [2.45, 2.75) is 33.2 Å². The minimum atomic E-state index is -0.207. The fraction of sp³-hybridized carbons (Fsp3) is 0.238. The summed E-state index contributed by atoms with van der Waals surface area (Å²) in [6.45, 7) is 4.64. The first-order chi connectivity index (χ1) is 12.7. The SMILES string of the molecule is CCCCn1c(Oc2ccc(C)cc2)nc2c(oc3ccccc32)c1=O. The molecule has 5 heteroatoms. The second kappa shape index (κ2) is 6.67. The van der Waals surface area contributed by atoms with Crippen molar-refractivity contribution in [1.82, 2.24) is 9.55 Å². The molecule has 0 spiro atoms. The normalized spacial score (nSPS) is 11.3. The van der Waals surface area contributed by atoms with Crippen LogP contribution in [0.5, 0.6) is 11.8 Å². The van der Waals surface area contributed by atoms with Crippen molar-refractivity contribution in [2.24, 2.45) is 0 Å². The predicted molar refractivity (Wildman–Crippen MR) is 102 cm³/mol. The van der Waals surface area contributed by atoms with Gasteiger partial charge in [0.1, 0.15) is 16.8 Å². The van der Waals surface area contributed by atoms with E-state index in [1.54, 1.807) is 4.57 Å². The summed E-state index contributed by atoms with van der Waals surface area (Å²) >= 11 is 0. The third kappa shape index (κ3) is 2.86. The number of furan rings is 1. The maximum absolute atomic E-state index is 13.0. The second-order valence-corrected chi connectivity index (χ2v) is 6.40. The third-order valence-electron chi connectivity index (χ3n) is 4.41. The lowest BCUT2D eigenvalue weighted by Gasteiger charge is -2.12. The molecule has 4 aromatic rings. The van der Waals surface area contributed by atoms with Gasteiger partial charge in [0.25, 0.3) is 5.56 Å². The van der Waals surface area contributed by atoms with Crippen LogP contribution in [0.1, 0.15) is 25.3 Å². The molecule has 0 aliphatic carbocycles. The van der Waals surface area contributed by atoms with Crippen molar-refractivity contribution in [3.05, 3.63) is 64.4 Å². The van der Waals surface area contributed by atoms with Crippen molar-refractivity contribution in [2.75, 3.05) is 0 Å². The number of nitrogens with zero attached hydrogens (tertiary/aromatic N) is 2. The molecule has 0 saturated carbocycles. The molecule has 0 radical (unpaired) electrons. The van der Waals surface area contributed by atoms with Gasteiger partial charge in [-0.3, -0.25) is 9.36 Å². The maximum Gasteiger partial charge on any atom is 0.305 e. The molecule has 2 aromatic carbocycles. The van der Waals surface area contributed by atoms with Crippen LogP contribution < -0.4 is 10.3 Å². The van der Waals surface area contributed by atoms with Gasteiger partial charge in [0.05, 0.1) is 0 Å². The molecule has 2 aromatic heterocycles. The summed E-state index contributed by atoms with van der Waals surface area (Å²) in [5, 5.41) is 0.816. The van der Waals surface area contributed by atoms with Gasteiger partial charge in [0, 0.05) is 11.9 Å². The average Bonchev–Trinajstić information content (AvgIpc) is 3.02. The number of ether oxygens (including phenoxy) is 1. The molecule has 0 fully saturated rings. The van der Waals surface area contributed by atoms with Gasteiger partial charge in [-0.05, 0) is 37.6 Å². The van der Waals surface area contributed by atoms with Gasteiger partial charge in [-0.15, -0.1) is 0 Å². The van der Waals surface area contributed by atoms with Gasteiger partial charge < -0.3 is 9.15 Å². The van der Waals surface area contributed by atoms with Crippen molar-refractivity contribution < 1.29 is 9.15 Å². The summed E-state index contributed by atoms with van der Waals surface area (Å²) < 4.78 is 13.3. The summed E-state index contributed by atoms with van der Waals surface area (Å²) in [5.41, 5.74) is 2.41. The Morgan fingerprint density at radius 2 is 1.88 bits per heavy atom. The topological polar surface area (TPSA) is 57.3 Å². The molecule has 0 N–H and O–H groups in total. The molecular formula is C21H20N2O3. The van der Waals surface area contributed by atoms with Crippen LogP contribution in [0.3, 0.4) is 0 Å². The summed E-state index contributed by atoms with van der Waals surface area (Å²) in [4.78, 5) is 17.7. The molecule has 0 aliphatic rings. The number of aromatic nitrogens is 2. The van der Waals surface area contributed by atoms with E-state index in [9.17, 15) is 4.79 Å². The van der Waals surface area contributed by atoms with Crippen LogP contribution in [0.4, 0.5) is 0 Å². The first kappa shape index (κ1) is 16.4. The van der Waals surface area contributed by atoms with Crippen molar-refractivity contribution in [1.29, 1.82) is 0 Å². The molecule has 0 amide bonds. The molecule has 2 heterocycles. The third-order valence-corrected chi connectivity index (χ3v) is 4.41. The fourth-order valence-electron chi connectivity index (χ4n) is 2.96. The number of benzene rings is 2. The van der Waals surface area contributed by atoms with Crippen LogP contribution in [0.25, 0.3) is 22.1 Å². The highest BCUT2D eigenvalue weighted by Crippen LogP contribution is 2.28. The van der Waals surface area contributed by atoms with E-state index in [2.05, 4.69) is 11.9 Å². The average molecular weight is 348 g/mol. The van der Waals surface area contributed by atoms with Crippen molar-refractivity contribution in [3.8, 4) is 11.8 Å². The number of rotatable bonds is 5. The minimum absolute atomic E-state index is 0.207. The molecule has 0 unspecified atom stereocenters. The molecule has 5 nitrogen and oxygen atoms in total. The highest BCUT2D eigenvalue weighted by Gasteiger charge is 2.18. The van der Waals surface area contributed by atoms with Crippen molar-refractivity contribution in [3.63, 3.8) is 0 Å². The smallest absolute Gasteiger partial charge is 0.305 e. The predicted octanol–water partition coefficient (Wildman–Crippen LogP) is 5.04. The van der Waals surface area contributed by atoms with E-state index < -0.39 is 0 Å². The summed E-state index contributed by atoms with van der Waals surface area (Å²) in [5.74, 6) is 0.653. The van der Waals surface area contributed by atoms with Gasteiger partial charge in [-0.1, -0.05) is 43.2 Å². The number of para-hydroxylation sites is 1. The molecule has 0 bridgehead atoms. The molecule has 4 rings (SSSR count). The Bertz CT molecular complexity index is 1120. The Labute approximate surface area is 150 Å². The number of fused-ring (bicyclic) bond motifs is 3. The van der Waals surface area contributed by atoms with Crippen LogP contribution in [-0.2, 0) is 6.54 Å². The lowest BCUT2D eigenvalue weighted by Crippen LogP contribution is -2.22. The van der Waals surface area contributed by atoms with Crippen LogP contribution in [-0.4, -0.2) is 9.55 Å². The Morgan fingerprint density at radius 3 is 2.65 bits per heavy atom. The molecular weight excluding hydrogens is 328 g/mol. The van der Waals surface area contributed by atoms with Gasteiger partial charge in [-0.2, -0.15) is 4.98 Å². The highest BCUT2D eigenvalue weighted by molar-refractivity contribution is 6.02. The Balaban J connectivity index is 1.91. The van der Waals surface area contributed by atoms with Gasteiger partial charge in [0.2, 0.25) is 5.58 Å². The maximum atomic E-state index is 13.0. The van der Waals surface area contributed by atoms with Gasteiger partial charge >= 0.3 is 6.01 Å². The largest absolute Gasteiger partial charge is 0.448 e. The quantitative estimate of drug-likeness (QED) is 0.507. The molecule has 0 atom stereocenters. The first-order valence-electron chi connectivity index (χ1n) is 8.84. The van der Waals surface area contributed by atoms with E-state index in [-0.39, 0.29) is 11.1 Å². The molecule has 0 aliphatic heterocycles. The number of aryl methyl sites for hydroxylation is 1. The van der Waals surface area contributed by atoms with E-state index in [4.69, 9.17) is 9.15 Å².